The normalized spacial score (nSPS) is 11.2. The lowest BCUT2D eigenvalue weighted by atomic mass is 10.1. The summed E-state index contributed by atoms with van der Waals surface area (Å²) in [6, 6.07) is 0. The van der Waals surface area contributed by atoms with Gasteiger partial charge in [-0.15, -0.1) is 0 Å². The molecule has 3 heteroatoms. The summed E-state index contributed by atoms with van der Waals surface area (Å²) in [6.45, 7) is 3.16. The topological polar surface area (TPSA) is 44.1 Å². The van der Waals surface area contributed by atoms with Crippen molar-refractivity contribution in [3.05, 3.63) is 0 Å². The van der Waals surface area contributed by atoms with Crippen molar-refractivity contribution in [2.45, 2.75) is 19.4 Å². The van der Waals surface area contributed by atoms with E-state index in [-0.39, 0.29) is 5.91 Å². The maximum atomic E-state index is 10.9. The summed E-state index contributed by atoms with van der Waals surface area (Å²) < 4.78 is 0. The number of hydrogen-bond donors (Lipinski definition) is 0. The molecule has 0 aliphatic carbocycles. The summed E-state index contributed by atoms with van der Waals surface area (Å²) >= 11 is 0. The lowest BCUT2D eigenvalue weighted by molar-refractivity contribution is -0.133. The van der Waals surface area contributed by atoms with Gasteiger partial charge in [-0.2, -0.15) is 0 Å². The fraction of sp³-hybridized carbons (Fsp3) is 0.833. The summed E-state index contributed by atoms with van der Waals surface area (Å²) in [5.41, 5.74) is 6.29. The first-order valence-corrected chi connectivity index (χ1v) is 2.82. The Morgan fingerprint density at radius 2 is 1.78 bits per heavy atom. The summed E-state index contributed by atoms with van der Waals surface area (Å²) in [6.07, 6.45) is 0. The minimum absolute atomic E-state index is 0.164. The number of likely N-dealkylation sites (N-methyl/N-ethyl adjacent to an activating group) is 1. The van der Waals surface area contributed by atoms with E-state index in [2.05, 4.69) is 0 Å². The quantitative estimate of drug-likeness (QED) is 0.496. The predicted octanol–water partition coefficient (Wildman–Crippen LogP) is 0.136. The van der Waals surface area contributed by atoms with Gasteiger partial charge >= 0.3 is 0 Å². The molecule has 3 nitrogen and oxygen atoms in total. The standard InChI is InChI=1S/C6H13N2O/c1-6(2,7)5(9)8(3)4/h7H,1-4H3. The van der Waals surface area contributed by atoms with Crippen molar-refractivity contribution >= 4 is 5.91 Å². The molecule has 0 bridgehead atoms. The molecule has 1 radical (unpaired) electrons. The van der Waals surface area contributed by atoms with E-state index in [0.29, 0.717) is 0 Å². The highest BCUT2D eigenvalue weighted by Crippen LogP contribution is 2.01. The van der Waals surface area contributed by atoms with Gasteiger partial charge in [0.05, 0.1) is 0 Å². The Morgan fingerprint density at radius 1 is 1.44 bits per heavy atom. The van der Waals surface area contributed by atoms with Crippen LogP contribution in [0.5, 0.6) is 0 Å². The van der Waals surface area contributed by atoms with Crippen LogP contribution in [0.25, 0.3) is 0 Å². The average Bonchev–Trinajstić information content (AvgIpc) is 1.62. The molecule has 0 aromatic heterocycles. The number of carbonyl (C=O) groups excluding carboxylic acids is 1. The molecule has 0 aromatic rings. The van der Waals surface area contributed by atoms with Crippen LogP contribution in [0.1, 0.15) is 13.8 Å². The molecular weight excluding hydrogens is 116 g/mol. The molecule has 0 heterocycles. The second-order valence-electron chi connectivity index (χ2n) is 2.82. The first-order valence-electron chi connectivity index (χ1n) is 2.82. The van der Waals surface area contributed by atoms with Crippen LogP contribution in [0.3, 0.4) is 0 Å². The van der Waals surface area contributed by atoms with Gasteiger partial charge in [-0.25, -0.2) is 5.73 Å². The number of hydrogen-bond acceptors (Lipinski definition) is 1. The molecule has 0 aliphatic heterocycles. The number of nitrogens with one attached hydrogen (secondary N) is 1. The molecule has 0 aromatic carbocycles. The van der Waals surface area contributed by atoms with Crippen LogP contribution in [0.4, 0.5) is 0 Å². The summed E-state index contributed by atoms with van der Waals surface area (Å²) in [7, 11) is 3.30. The molecule has 0 aliphatic rings. The van der Waals surface area contributed by atoms with Crippen LogP contribution < -0.4 is 5.73 Å². The van der Waals surface area contributed by atoms with Gasteiger partial charge in [0.15, 0.2) is 0 Å². The maximum Gasteiger partial charge on any atom is 0.243 e. The first-order chi connectivity index (χ1) is 3.85. The Morgan fingerprint density at radius 3 is 1.78 bits per heavy atom. The van der Waals surface area contributed by atoms with Gasteiger partial charge in [0.2, 0.25) is 5.91 Å². The maximum absolute atomic E-state index is 10.9. The molecule has 0 rings (SSSR count). The molecule has 0 spiro atoms. The Bertz CT molecular complexity index is 113. The highest BCUT2D eigenvalue weighted by atomic mass is 16.2. The molecule has 0 atom stereocenters. The molecule has 0 saturated heterocycles. The summed E-state index contributed by atoms with van der Waals surface area (Å²) in [5, 5.41) is 0. The number of carbonyl (C=O) groups is 1. The van der Waals surface area contributed by atoms with Gasteiger partial charge in [-0.3, -0.25) is 4.79 Å². The summed E-state index contributed by atoms with van der Waals surface area (Å²) in [5.74, 6) is -0.164. The fourth-order valence-electron chi connectivity index (χ4n) is 0.559. The zero-order valence-corrected chi connectivity index (χ0v) is 6.36. The molecule has 53 valence electrons. The lowest BCUT2D eigenvalue weighted by Gasteiger charge is -2.20. The van der Waals surface area contributed by atoms with Gasteiger partial charge in [-0.1, -0.05) is 0 Å². The average molecular weight is 129 g/mol. The molecule has 1 amide bonds. The highest BCUT2D eigenvalue weighted by molar-refractivity contribution is 5.84. The van der Waals surface area contributed by atoms with Crippen molar-refractivity contribution in [1.29, 1.82) is 0 Å². The number of nitrogens with zero attached hydrogens (tertiary/aromatic N) is 1. The Labute approximate surface area is 55.8 Å². The molecule has 9 heavy (non-hydrogen) atoms. The van der Waals surface area contributed by atoms with Crippen molar-refractivity contribution in [3.63, 3.8) is 0 Å². The van der Waals surface area contributed by atoms with E-state index >= 15 is 0 Å². The zero-order valence-electron chi connectivity index (χ0n) is 6.36. The largest absolute Gasteiger partial charge is 0.347 e. The van der Waals surface area contributed by atoms with E-state index in [1.807, 2.05) is 0 Å². The van der Waals surface area contributed by atoms with Gasteiger partial charge in [0.1, 0.15) is 5.54 Å². The van der Waals surface area contributed by atoms with Crippen molar-refractivity contribution < 1.29 is 4.79 Å². The van der Waals surface area contributed by atoms with E-state index in [0.717, 1.165) is 0 Å². The molecular formula is C6H13N2O. The fourth-order valence-corrected chi connectivity index (χ4v) is 0.559. The van der Waals surface area contributed by atoms with Crippen molar-refractivity contribution in [2.24, 2.45) is 0 Å². The smallest absolute Gasteiger partial charge is 0.243 e. The second kappa shape index (κ2) is 2.35. The first kappa shape index (κ1) is 8.43. The minimum Gasteiger partial charge on any atom is -0.347 e. The zero-order chi connectivity index (χ0) is 7.65. The van der Waals surface area contributed by atoms with E-state index in [4.69, 9.17) is 5.73 Å². The Kier molecular flexibility index (Phi) is 2.20. The van der Waals surface area contributed by atoms with E-state index < -0.39 is 5.54 Å². The third kappa shape index (κ3) is 2.46. The SMILES string of the molecule is CN(C)C(=O)C(C)(C)[NH]. The van der Waals surface area contributed by atoms with Gasteiger partial charge < -0.3 is 4.90 Å². The number of amides is 1. The van der Waals surface area contributed by atoms with Crippen LogP contribution >= 0.6 is 0 Å². The van der Waals surface area contributed by atoms with Crippen LogP contribution in [-0.4, -0.2) is 30.4 Å². The minimum atomic E-state index is -0.983. The van der Waals surface area contributed by atoms with Gasteiger partial charge in [-0.05, 0) is 13.8 Å². The van der Waals surface area contributed by atoms with Crippen molar-refractivity contribution in [2.75, 3.05) is 14.1 Å². The highest BCUT2D eigenvalue weighted by Gasteiger charge is 2.23. The van der Waals surface area contributed by atoms with Crippen molar-refractivity contribution in [3.8, 4) is 0 Å². The molecule has 0 saturated carbocycles. The molecule has 1 N–H and O–H groups in total. The Balaban J connectivity index is 4.06. The molecule has 0 fully saturated rings. The van der Waals surface area contributed by atoms with Gasteiger partial charge in [0, 0.05) is 14.1 Å². The third-order valence-electron chi connectivity index (χ3n) is 0.941. The monoisotopic (exact) mass is 129 g/mol. The van der Waals surface area contributed by atoms with E-state index in [1.165, 1.54) is 4.90 Å². The van der Waals surface area contributed by atoms with Crippen LogP contribution in [0, 0.1) is 0 Å². The van der Waals surface area contributed by atoms with Crippen molar-refractivity contribution in [1.82, 2.24) is 10.6 Å². The summed E-state index contributed by atoms with van der Waals surface area (Å²) in [4.78, 5) is 12.3. The third-order valence-corrected chi connectivity index (χ3v) is 0.941. The van der Waals surface area contributed by atoms with Gasteiger partial charge in [0.25, 0.3) is 0 Å². The number of rotatable bonds is 1. The van der Waals surface area contributed by atoms with Crippen LogP contribution in [0.15, 0.2) is 0 Å². The Hall–Kier alpha value is -0.570. The van der Waals surface area contributed by atoms with E-state index in [1.54, 1.807) is 27.9 Å². The second-order valence-corrected chi connectivity index (χ2v) is 2.82. The van der Waals surface area contributed by atoms with Crippen LogP contribution in [-0.2, 0) is 4.79 Å². The predicted molar refractivity (Wildman–Crippen MR) is 35.9 cm³/mol. The lowest BCUT2D eigenvalue weighted by Crippen LogP contribution is -2.42. The molecule has 0 unspecified atom stereocenters. The van der Waals surface area contributed by atoms with Crippen LogP contribution in [0.2, 0.25) is 0 Å². The van der Waals surface area contributed by atoms with E-state index in [9.17, 15) is 4.79 Å².